The van der Waals surface area contributed by atoms with E-state index in [1.54, 1.807) is 10.9 Å². The molecule has 32 heavy (non-hydrogen) atoms. The van der Waals surface area contributed by atoms with E-state index in [1.165, 1.54) is 0 Å². The number of hydrogen-bond acceptors (Lipinski definition) is 6. The van der Waals surface area contributed by atoms with Gasteiger partial charge in [0.1, 0.15) is 5.75 Å². The smallest absolute Gasteiger partial charge is 0.224 e. The number of ether oxygens (including phenoxy) is 1. The molecule has 2 aromatic heterocycles. The summed E-state index contributed by atoms with van der Waals surface area (Å²) < 4.78 is 7.47. The maximum absolute atomic E-state index is 12.8. The Morgan fingerprint density at radius 1 is 1.16 bits per heavy atom. The number of aryl methyl sites for hydroxylation is 1. The Labute approximate surface area is 185 Å². The van der Waals surface area contributed by atoms with E-state index >= 15 is 0 Å². The maximum atomic E-state index is 12.8. The van der Waals surface area contributed by atoms with Gasteiger partial charge >= 0.3 is 0 Å². The van der Waals surface area contributed by atoms with Crippen LogP contribution in [0.5, 0.6) is 5.75 Å². The average Bonchev–Trinajstić information content (AvgIpc) is 3.26. The minimum atomic E-state index is -0.0917. The fourth-order valence-electron chi connectivity index (χ4n) is 3.91. The lowest BCUT2D eigenvalue weighted by atomic mass is 9.95. The van der Waals surface area contributed by atoms with Gasteiger partial charge in [0.15, 0.2) is 5.82 Å². The van der Waals surface area contributed by atoms with Crippen LogP contribution in [0, 0.1) is 6.92 Å². The van der Waals surface area contributed by atoms with Gasteiger partial charge in [0.05, 0.1) is 24.8 Å². The Morgan fingerprint density at radius 2 is 2.03 bits per heavy atom. The van der Waals surface area contributed by atoms with Crippen LogP contribution in [0.25, 0.3) is 16.8 Å². The molecule has 1 atom stereocenters. The monoisotopic (exact) mass is 426 g/mol. The molecule has 0 saturated carbocycles. The second kappa shape index (κ2) is 8.58. The topological polar surface area (TPSA) is 94.8 Å². The van der Waals surface area contributed by atoms with E-state index in [1.807, 2.05) is 61.7 Å². The second-order valence-electron chi connectivity index (χ2n) is 7.73. The highest BCUT2D eigenvalue weighted by atomic mass is 16.5. The Kier molecular flexibility index (Phi) is 5.33. The van der Waals surface area contributed by atoms with Crippen molar-refractivity contribution in [1.29, 1.82) is 0 Å². The lowest BCUT2D eigenvalue weighted by Crippen LogP contribution is -2.33. The normalized spacial score (nSPS) is 15.0. The molecule has 0 fully saturated rings. The Morgan fingerprint density at radius 3 is 2.78 bits per heavy atom. The molecule has 0 bridgehead atoms. The molecule has 3 heterocycles. The largest absolute Gasteiger partial charge is 0.493 e. The van der Waals surface area contributed by atoms with Crippen LogP contribution in [0.1, 0.15) is 29.4 Å². The predicted octanol–water partition coefficient (Wildman–Crippen LogP) is 3.22. The third kappa shape index (κ3) is 4.07. The summed E-state index contributed by atoms with van der Waals surface area (Å²) in [6.07, 6.45) is 4.61. The first-order chi connectivity index (χ1) is 15.7. The molecule has 1 unspecified atom stereocenters. The third-order valence-electron chi connectivity index (χ3n) is 5.55. The van der Waals surface area contributed by atoms with Gasteiger partial charge in [0.2, 0.25) is 5.91 Å². The summed E-state index contributed by atoms with van der Waals surface area (Å²) in [6, 6.07) is 17.6. The first-order valence-corrected chi connectivity index (χ1v) is 10.5. The Balaban J connectivity index is 1.30. The lowest BCUT2D eigenvalue weighted by molar-refractivity contribution is -0.121. The molecule has 1 N–H and O–H groups in total. The standard InChI is InChI=1S/C24H22N6O2/c1-16-27-28-29-30(16)20-7-4-17(5-8-20)13-24(31)26-22-10-12-32-23-9-6-18(14-21(22)23)19-3-2-11-25-15-19/h2-9,11,14-15,22H,10,12-13H2,1H3,(H,26,31). The van der Waals surface area contributed by atoms with E-state index in [0.29, 0.717) is 18.9 Å². The molecule has 2 aromatic carbocycles. The molecule has 8 nitrogen and oxygen atoms in total. The SMILES string of the molecule is Cc1nnnn1-c1ccc(CC(=O)NC2CCOc3ccc(-c4cccnc4)cc32)cc1. The summed E-state index contributed by atoms with van der Waals surface area (Å²) in [6.45, 7) is 2.41. The number of amides is 1. The summed E-state index contributed by atoms with van der Waals surface area (Å²) >= 11 is 0. The van der Waals surface area contributed by atoms with Crippen molar-refractivity contribution in [3.05, 3.63) is 83.9 Å². The Hall–Kier alpha value is -4.07. The fraction of sp³-hybridized carbons (Fsp3) is 0.208. The van der Waals surface area contributed by atoms with Crippen LogP contribution < -0.4 is 10.1 Å². The number of tetrazole rings is 1. The molecule has 5 rings (SSSR count). The van der Waals surface area contributed by atoms with Crippen LogP contribution in [-0.4, -0.2) is 37.7 Å². The van der Waals surface area contributed by atoms with E-state index in [0.717, 1.165) is 40.1 Å². The molecule has 160 valence electrons. The molecular weight excluding hydrogens is 404 g/mol. The molecule has 0 spiro atoms. The number of fused-ring (bicyclic) bond motifs is 1. The average molecular weight is 426 g/mol. The van der Waals surface area contributed by atoms with Crippen molar-refractivity contribution in [3.63, 3.8) is 0 Å². The molecule has 4 aromatic rings. The molecular formula is C24H22N6O2. The Bertz CT molecular complexity index is 1240. The van der Waals surface area contributed by atoms with Crippen molar-refractivity contribution >= 4 is 5.91 Å². The first-order valence-electron chi connectivity index (χ1n) is 10.5. The molecule has 1 aliphatic heterocycles. The zero-order chi connectivity index (χ0) is 21.9. The van der Waals surface area contributed by atoms with E-state index in [4.69, 9.17) is 4.74 Å². The van der Waals surface area contributed by atoms with Gasteiger partial charge in [0, 0.05) is 29.9 Å². The molecule has 0 radical (unpaired) electrons. The number of aromatic nitrogens is 5. The quantitative estimate of drug-likeness (QED) is 0.527. The van der Waals surface area contributed by atoms with Crippen LogP contribution >= 0.6 is 0 Å². The van der Waals surface area contributed by atoms with Gasteiger partial charge in [-0.3, -0.25) is 9.78 Å². The molecule has 0 saturated heterocycles. The van der Waals surface area contributed by atoms with Crippen molar-refractivity contribution in [2.24, 2.45) is 0 Å². The number of rotatable bonds is 5. The van der Waals surface area contributed by atoms with Crippen molar-refractivity contribution in [3.8, 4) is 22.6 Å². The van der Waals surface area contributed by atoms with Gasteiger partial charge in [-0.05, 0) is 58.8 Å². The van der Waals surface area contributed by atoms with Gasteiger partial charge in [-0.2, -0.15) is 4.68 Å². The summed E-state index contributed by atoms with van der Waals surface area (Å²) in [4.78, 5) is 17.0. The van der Waals surface area contributed by atoms with Crippen molar-refractivity contribution in [1.82, 2.24) is 30.5 Å². The fourth-order valence-corrected chi connectivity index (χ4v) is 3.91. The van der Waals surface area contributed by atoms with Crippen LogP contribution in [0.2, 0.25) is 0 Å². The van der Waals surface area contributed by atoms with E-state index in [-0.39, 0.29) is 11.9 Å². The minimum absolute atomic E-state index is 0.0269. The van der Waals surface area contributed by atoms with E-state index in [9.17, 15) is 4.79 Å². The van der Waals surface area contributed by atoms with E-state index in [2.05, 4.69) is 31.9 Å². The summed E-state index contributed by atoms with van der Waals surface area (Å²) in [7, 11) is 0. The highest BCUT2D eigenvalue weighted by Crippen LogP contribution is 2.35. The molecule has 1 amide bonds. The van der Waals surface area contributed by atoms with Crippen LogP contribution in [0.15, 0.2) is 67.0 Å². The predicted molar refractivity (Wildman–Crippen MR) is 118 cm³/mol. The number of carbonyl (C=O) groups is 1. The number of nitrogens with zero attached hydrogens (tertiary/aromatic N) is 5. The molecule has 8 heteroatoms. The molecule has 1 aliphatic rings. The van der Waals surface area contributed by atoms with Crippen LogP contribution in [0.4, 0.5) is 0 Å². The first kappa shape index (κ1) is 19.9. The zero-order valence-electron chi connectivity index (χ0n) is 17.6. The number of nitrogens with one attached hydrogen (secondary N) is 1. The van der Waals surface area contributed by atoms with E-state index < -0.39 is 0 Å². The lowest BCUT2D eigenvalue weighted by Gasteiger charge is -2.27. The van der Waals surface area contributed by atoms with Crippen molar-refractivity contribution < 1.29 is 9.53 Å². The summed E-state index contributed by atoms with van der Waals surface area (Å²) in [5.74, 6) is 1.50. The van der Waals surface area contributed by atoms with Gasteiger partial charge in [-0.25, -0.2) is 0 Å². The summed E-state index contributed by atoms with van der Waals surface area (Å²) in [5.41, 5.74) is 4.86. The summed E-state index contributed by atoms with van der Waals surface area (Å²) in [5, 5.41) is 14.7. The van der Waals surface area contributed by atoms with Gasteiger partial charge < -0.3 is 10.1 Å². The maximum Gasteiger partial charge on any atom is 0.224 e. The number of carbonyl (C=O) groups excluding carboxylic acids is 1. The highest BCUT2D eigenvalue weighted by molar-refractivity contribution is 5.79. The van der Waals surface area contributed by atoms with Gasteiger partial charge in [-0.1, -0.05) is 24.3 Å². The number of benzene rings is 2. The molecule has 0 aliphatic carbocycles. The van der Waals surface area contributed by atoms with Crippen LogP contribution in [-0.2, 0) is 11.2 Å². The number of pyridine rings is 1. The second-order valence-corrected chi connectivity index (χ2v) is 7.73. The van der Waals surface area contributed by atoms with Gasteiger partial charge in [-0.15, -0.1) is 5.10 Å². The highest BCUT2D eigenvalue weighted by Gasteiger charge is 2.24. The van der Waals surface area contributed by atoms with Crippen LogP contribution in [0.3, 0.4) is 0 Å². The third-order valence-corrected chi connectivity index (χ3v) is 5.55. The van der Waals surface area contributed by atoms with Crippen molar-refractivity contribution in [2.45, 2.75) is 25.8 Å². The zero-order valence-corrected chi connectivity index (χ0v) is 17.6. The minimum Gasteiger partial charge on any atom is -0.493 e. The van der Waals surface area contributed by atoms with Gasteiger partial charge in [0.25, 0.3) is 0 Å². The number of hydrogen-bond donors (Lipinski definition) is 1. The van der Waals surface area contributed by atoms with Crippen molar-refractivity contribution in [2.75, 3.05) is 6.61 Å².